The van der Waals surface area contributed by atoms with E-state index >= 15 is 0 Å². The lowest BCUT2D eigenvalue weighted by molar-refractivity contribution is 0.309. The highest BCUT2D eigenvalue weighted by atomic mass is 35.5. The number of ether oxygens (including phenoxy) is 1. The van der Waals surface area contributed by atoms with Crippen molar-refractivity contribution in [2.24, 2.45) is 0 Å². The van der Waals surface area contributed by atoms with Gasteiger partial charge in [0.05, 0.1) is 14.9 Å². The van der Waals surface area contributed by atoms with Crippen LogP contribution in [0.4, 0.5) is 0 Å². The molecule has 5 heteroatoms. The van der Waals surface area contributed by atoms with Crippen LogP contribution in [0.1, 0.15) is 10.4 Å². The van der Waals surface area contributed by atoms with Gasteiger partial charge in [0.1, 0.15) is 19.0 Å². The summed E-state index contributed by atoms with van der Waals surface area (Å²) in [4.78, 5) is 1.01. The second-order valence-corrected chi connectivity index (χ2v) is 5.40. The van der Waals surface area contributed by atoms with Crippen LogP contribution in [-0.2, 0) is 6.61 Å². The molecule has 98 valence electrons. The second-order valence-electron chi connectivity index (χ2n) is 3.58. The van der Waals surface area contributed by atoms with E-state index in [2.05, 4.69) is 11.8 Å². The minimum atomic E-state index is -0.150. The van der Waals surface area contributed by atoms with Gasteiger partial charge in [0.25, 0.3) is 0 Å². The van der Waals surface area contributed by atoms with Crippen LogP contribution in [0.2, 0.25) is 10.0 Å². The fraction of sp³-hybridized carbons (Fsp3) is 0.143. The average Bonchev–Trinajstić information content (AvgIpc) is 2.85. The van der Waals surface area contributed by atoms with Crippen LogP contribution in [0.25, 0.3) is 0 Å². The van der Waals surface area contributed by atoms with Crippen molar-refractivity contribution in [1.82, 2.24) is 0 Å². The van der Waals surface area contributed by atoms with Crippen LogP contribution in [0, 0.1) is 11.8 Å². The molecule has 0 spiro atoms. The Labute approximate surface area is 125 Å². The van der Waals surface area contributed by atoms with Gasteiger partial charge < -0.3 is 9.84 Å². The molecule has 0 saturated carbocycles. The molecule has 2 rings (SSSR count). The first-order valence-corrected chi connectivity index (χ1v) is 7.08. The number of benzene rings is 1. The maximum Gasteiger partial charge on any atom is 0.124 e. The van der Waals surface area contributed by atoms with Gasteiger partial charge in [-0.3, -0.25) is 0 Å². The normalized spacial score (nSPS) is 9.84. The molecule has 0 bridgehead atoms. The van der Waals surface area contributed by atoms with Crippen LogP contribution in [0.5, 0.6) is 5.75 Å². The zero-order valence-corrected chi connectivity index (χ0v) is 12.1. The molecule has 0 saturated heterocycles. The predicted molar refractivity (Wildman–Crippen MR) is 79.1 cm³/mol. The molecule has 1 N–H and O–H groups in total. The Morgan fingerprint density at radius 2 is 2.05 bits per heavy atom. The molecular formula is C14H10Cl2O2S. The molecule has 0 aliphatic rings. The lowest BCUT2D eigenvalue weighted by Crippen LogP contribution is -1.95. The number of aliphatic hydroxyl groups is 1. The van der Waals surface area contributed by atoms with Crippen molar-refractivity contribution in [1.29, 1.82) is 0 Å². The maximum atomic E-state index is 8.69. The third-order valence-electron chi connectivity index (χ3n) is 2.31. The van der Waals surface area contributed by atoms with Gasteiger partial charge in [0.15, 0.2) is 0 Å². The Kier molecular flexibility index (Phi) is 5.12. The summed E-state index contributed by atoms with van der Waals surface area (Å²) >= 11 is 13.3. The van der Waals surface area contributed by atoms with Gasteiger partial charge in [-0.1, -0.05) is 35.0 Å². The summed E-state index contributed by atoms with van der Waals surface area (Å²) in [5.74, 6) is 6.16. The zero-order chi connectivity index (χ0) is 13.7. The molecule has 0 amide bonds. The third-order valence-corrected chi connectivity index (χ3v) is 3.94. The van der Waals surface area contributed by atoms with Crippen LogP contribution >= 0.6 is 34.5 Å². The van der Waals surface area contributed by atoms with Crippen molar-refractivity contribution in [3.05, 3.63) is 50.1 Å². The highest BCUT2D eigenvalue weighted by molar-refractivity contribution is 7.10. The number of aliphatic hydroxyl groups excluding tert-OH is 1. The number of hydrogen-bond donors (Lipinski definition) is 1. The molecule has 0 fully saturated rings. The fourth-order valence-electron chi connectivity index (χ4n) is 1.41. The molecule has 2 aromatic rings. The molecule has 2 nitrogen and oxygen atoms in total. The summed E-state index contributed by atoms with van der Waals surface area (Å²) in [5.41, 5.74) is 0.874. The fourth-order valence-corrected chi connectivity index (χ4v) is 2.44. The Morgan fingerprint density at radius 3 is 2.79 bits per heavy atom. The smallest absolute Gasteiger partial charge is 0.124 e. The summed E-state index contributed by atoms with van der Waals surface area (Å²) in [6.45, 7) is 0.258. The van der Waals surface area contributed by atoms with Gasteiger partial charge in [-0.15, -0.1) is 11.3 Å². The minimum Gasteiger partial charge on any atom is -0.488 e. The van der Waals surface area contributed by atoms with Crippen molar-refractivity contribution in [2.75, 3.05) is 6.61 Å². The van der Waals surface area contributed by atoms with Crippen molar-refractivity contribution >= 4 is 34.5 Å². The van der Waals surface area contributed by atoms with E-state index in [-0.39, 0.29) is 6.61 Å². The standard InChI is InChI=1S/C14H10Cl2O2S/c15-12-4-3-11(8-13(12)16)18-9-14-10(2-1-6-17)5-7-19-14/h3-5,7-8,17H,6,9H2. The quantitative estimate of drug-likeness (QED) is 0.869. The van der Waals surface area contributed by atoms with E-state index in [1.807, 2.05) is 11.4 Å². The molecular weight excluding hydrogens is 303 g/mol. The van der Waals surface area contributed by atoms with Crippen molar-refractivity contribution in [3.63, 3.8) is 0 Å². The van der Waals surface area contributed by atoms with E-state index in [4.69, 9.17) is 33.0 Å². The Bertz CT molecular complexity index is 626. The first-order valence-electron chi connectivity index (χ1n) is 5.44. The van der Waals surface area contributed by atoms with Crippen LogP contribution in [0.3, 0.4) is 0 Å². The van der Waals surface area contributed by atoms with Gasteiger partial charge in [-0.2, -0.15) is 0 Å². The number of rotatable bonds is 3. The van der Waals surface area contributed by atoms with E-state index in [1.54, 1.807) is 29.5 Å². The number of halogens is 2. The SMILES string of the molecule is OCC#Cc1ccsc1COc1ccc(Cl)c(Cl)c1. The van der Waals surface area contributed by atoms with Crippen molar-refractivity contribution in [3.8, 4) is 17.6 Å². The lowest BCUT2D eigenvalue weighted by atomic mass is 10.2. The largest absolute Gasteiger partial charge is 0.488 e. The lowest BCUT2D eigenvalue weighted by Gasteiger charge is -2.06. The second kappa shape index (κ2) is 6.83. The molecule has 0 unspecified atom stereocenters. The molecule has 19 heavy (non-hydrogen) atoms. The number of thiophene rings is 1. The van der Waals surface area contributed by atoms with Gasteiger partial charge in [-0.25, -0.2) is 0 Å². The monoisotopic (exact) mass is 312 g/mol. The molecule has 1 heterocycles. The van der Waals surface area contributed by atoms with E-state index in [0.717, 1.165) is 10.4 Å². The summed E-state index contributed by atoms with van der Waals surface area (Å²) in [5, 5.41) is 11.6. The van der Waals surface area contributed by atoms with Gasteiger partial charge in [0, 0.05) is 11.6 Å². The molecule has 1 aromatic carbocycles. The summed E-state index contributed by atoms with van der Waals surface area (Å²) in [6, 6.07) is 7.04. The third kappa shape index (κ3) is 3.89. The van der Waals surface area contributed by atoms with Crippen molar-refractivity contribution in [2.45, 2.75) is 6.61 Å². The highest BCUT2D eigenvalue weighted by Crippen LogP contribution is 2.27. The minimum absolute atomic E-state index is 0.150. The van der Waals surface area contributed by atoms with Crippen LogP contribution in [-0.4, -0.2) is 11.7 Å². The molecule has 0 atom stereocenters. The molecule has 1 aromatic heterocycles. The van der Waals surface area contributed by atoms with Crippen molar-refractivity contribution < 1.29 is 9.84 Å². The van der Waals surface area contributed by atoms with Gasteiger partial charge in [-0.05, 0) is 23.6 Å². The van der Waals surface area contributed by atoms with E-state index < -0.39 is 0 Å². The topological polar surface area (TPSA) is 29.5 Å². The molecule has 0 aliphatic carbocycles. The predicted octanol–water partition coefficient (Wildman–Crippen LogP) is 3.98. The highest BCUT2D eigenvalue weighted by Gasteiger charge is 2.05. The summed E-state index contributed by atoms with van der Waals surface area (Å²) in [7, 11) is 0. The van der Waals surface area contributed by atoms with Gasteiger partial charge in [0.2, 0.25) is 0 Å². The van der Waals surface area contributed by atoms with Gasteiger partial charge >= 0.3 is 0 Å². The zero-order valence-electron chi connectivity index (χ0n) is 9.82. The summed E-state index contributed by atoms with van der Waals surface area (Å²) < 4.78 is 5.64. The molecule has 0 radical (unpaired) electrons. The first-order chi connectivity index (χ1) is 9.20. The Balaban J connectivity index is 2.06. The first kappa shape index (κ1) is 14.2. The number of hydrogen-bond acceptors (Lipinski definition) is 3. The van der Waals surface area contributed by atoms with Crippen LogP contribution in [0.15, 0.2) is 29.6 Å². The van der Waals surface area contributed by atoms with Crippen LogP contribution < -0.4 is 4.74 Å². The van der Waals surface area contributed by atoms with E-state index in [0.29, 0.717) is 22.4 Å². The molecule has 0 aliphatic heterocycles. The van der Waals surface area contributed by atoms with E-state index in [9.17, 15) is 0 Å². The van der Waals surface area contributed by atoms with E-state index in [1.165, 1.54) is 0 Å². The maximum absolute atomic E-state index is 8.69. The Hall–Kier alpha value is -1.18. The Morgan fingerprint density at radius 1 is 1.21 bits per heavy atom. The average molecular weight is 313 g/mol. The summed E-state index contributed by atoms with van der Waals surface area (Å²) in [6.07, 6.45) is 0.